The summed E-state index contributed by atoms with van der Waals surface area (Å²) in [6, 6.07) is 9.91. The minimum Gasteiger partial charge on any atom is -0.376 e. The first-order chi connectivity index (χ1) is 6.86. The average Bonchev–Trinajstić information content (AvgIpc) is 2.25. The summed E-state index contributed by atoms with van der Waals surface area (Å²) in [5.74, 6) is 0. The highest BCUT2D eigenvalue weighted by molar-refractivity contribution is 5.67. The van der Waals surface area contributed by atoms with Crippen LogP contribution in [0, 0.1) is 0 Å². The Kier molecular flexibility index (Phi) is 4.94. The van der Waals surface area contributed by atoms with Gasteiger partial charge in [-0.05, 0) is 18.6 Å². The lowest BCUT2D eigenvalue weighted by atomic mass is 10.2. The Labute approximate surface area is 85.6 Å². The molecule has 1 unspecified atom stereocenters. The van der Waals surface area contributed by atoms with Crippen LogP contribution in [0.4, 0.5) is 5.69 Å². The van der Waals surface area contributed by atoms with E-state index in [1.807, 2.05) is 36.5 Å². The molecule has 0 amide bonds. The normalized spacial score (nSPS) is 13.3. The van der Waals surface area contributed by atoms with Crippen LogP contribution in [0.25, 0.3) is 0 Å². The van der Waals surface area contributed by atoms with Crippen LogP contribution in [0.3, 0.4) is 0 Å². The van der Waals surface area contributed by atoms with E-state index in [0.29, 0.717) is 0 Å². The largest absolute Gasteiger partial charge is 0.376 e. The van der Waals surface area contributed by atoms with Gasteiger partial charge in [-0.3, -0.25) is 4.99 Å². The molecule has 0 bridgehead atoms. The van der Waals surface area contributed by atoms with Crippen LogP contribution < -0.4 is 0 Å². The predicted molar refractivity (Wildman–Crippen MR) is 60.3 cm³/mol. The van der Waals surface area contributed by atoms with E-state index in [4.69, 9.17) is 4.74 Å². The number of hydrogen-bond donors (Lipinski definition) is 0. The number of methoxy groups -OCH3 is 1. The van der Waals surface area contributed by atoms with Gasteiger partial charge in [-0.1, -0.05) is 31.5 Å². The van der Waals surface area contributed by atoms with E-state index in [1.54, 1.807) is 7.11 Å². The monoisotopic (exact) mass is 191 g/mol. The zero-order chi connectivity index (χ0) is 10.2. The van der Waals surface area contributed by atoms with Gasteiger partial charge in [0.05, 0.1) is 11.8 Å². The van der Waals surface area contributed by atoms with Gasteiger partial charge in [0.25, 0.3) is 0 Å². The second kappa shape index (κ2) is 6.33. The lowest BCUT2D eigenvalue weighted by molar-refractivity contribution is 0.151. The molecule has 0 fully saturated rings. The molecule has 0 aliphatic carbocycles. The highest BCUT2D eigenvalue weighted by Crippen LogP contribution is 2.09. The third-order valence-corrected chi connectivity index (χ3v) is 2.02. The number of nitrogens with zero attached hydrogens (tertiary/aromatic N) is 1. The zero-order valence-electron chi connectivity index (χ0n) is 8.81. The first kappa shape index (κ1) is 10.9. The molecule has 1 rings (SSSR count). The Balaban J connectivity index is 2.53. The molecule has 2 heteroatoms. The first-order valence-corrected chi connectivity index (χ1v) is 4.99. The summed E-state index contributed by atoms with van der Waals surface area (Å²) in [5.41, 5.74) is 0.977. The highest BCUT2D eigenvalue weighted by atomic mass is 16.5. The van der Waals surface area contributed by atoms with Gasteiger partial charge in [-0.2, -0.15) is 0 Å². The van der Waals surface area contributed by atoms with Crippen LogP contribution in [0.1, 0.15) is 19.8 Å². The molecule has 1 atom stereocenters. The number of aliphatic imine (C=N–C) groups is 1. The summed E-state index contributed by atoms with van der Waals surface area (Å²) in [5, 5.41) is 0. The van der Waals surface area contributed by atoms with Gasteiger partial charge < -0.3 is 4.74 Å². The molecular formula is C12H17NO. The fraction of sp³-hybridized carbons (Fsp3) is 0.417. The van der Waals surface area contributed by atoms with Crippen LogP contribution >= 0.6 is 0 Å². The first-order valence-electron chi connectivity index (χ1n) is 4.99. The maximum Gasteiger partial charge on any atom is 0.0922 e. The van der Waals surface area contributed by atoms with Gasteiger partial charge in [0, 0.05) is 13.3 Å². The van der Waals surface area contributed by atoms with Gasteiger partial charge in [0.2, 0.25) is 0 Å². The molecule has 1 aromatic rings. The molecule has 0 radical (unpaired) electrons. The van der Waals surface area contributed by atoms with Gasteiger partial charge in [0.1, 0.15) is 0 Å². The summed E-state index contributed by atoms with van der Waals surface area (Å²) in [6.45, 7) is 2.14. The van der Waals surface area contributed by atoms with Crippen molar-refractivity contribution >= 4 is 11.9 Å². The van der Waals surface area contributed by atoms with Crippen molar-refractivity contribution in [2.45, 2.75) is 25.9 Å². The van der Waals surface area contributed by atoms with Crippen molar-refractivity contribution < 1.29 is 4.74 Å². The van der Waals surface area contributed by atoms with Gasteiger partial charge in [-0.15, -0.1) is 0 Å². The molecule has 0 N–H and O–H groups in total. The molecule has 14 heavy (non-hydrogen) atoms. The summed E-state index contributed by atoms with van der Waals surface area (Å²) < 4.78 is 5.26. The zero-order valence-corrected chi connectivity index (χ0v) is 8.81. The predicted octanol–water partition coefficient (Wildman–Crippen LogP) is 3.20. The molecule has 2 nitrogen and oxygen atoms in total. The third-order valence-electron chi connectivity index (χ3n) is 2.02. The lowest BCUT2D eigenvalue weighted by Gasteiger charge is -2.07. The Morgan fingerprint density at radius 2 is 2.07 bits per heavy atom. The Hall–Kier alpha value is -1.15. The van der Waals surface area contributed by atoms with E-state index in [2.05, 4.69) is 11.9 Å². The van der Waals surface area contributed by atoms with E-state index in [9.17, 15) is 0 Å². The van der Waals surface area contributed by atoms with E-state index in [1.165, 1.54) is 0 Å². The quantitative estimate of drug-likeness (QED) is 0.655. The molecule has 1 aromatic carbocycles. The summed E-state index contributed by atoms with van der Waals surface area (Å²) in [7, 11) is 1.72. The summed E-state index contributed by atoms with van der Waals surface area (Å²) in [6.07, 6.45) is 4.14. The minimum absolute atomic E-state index is 0.139. The van der Waals surface area contributed by atoms with E-state index in [-0.39, 0.29) is 6.10 Å². The summed E-state index contributed by atoms with van der Waals surface area (Å²) in [4.78, 5) is 4.35. The van der Waals surface area contributed by atoms with Crippen LogP contribution in [0.15, 0.2) is 35.3 Å². The number of ether oxygens (including phenoxy) is 1. The number of para-hydroxylation sites is 1. The second-order valence-corrected chi connectivity index (χ2v) is 3.18. The maximum atomic E-state index is 5.26. The van der Waals surface area contributed by atoms with Crippen LogP contribution in [-0.2, 0) is 4.74 Å². The Bertz CT molecular complexity index is 269. The van der Waals surface area contributed by atoms with E-state index >= 15 is 0 Å². The Morgan fingerprint density at radius 3 is 2.64 bits per heavy atom. The number of benzene rings is 1. The lowest BCUT2D eigenvalue weighted by Crippen LogP contribution is -2.10. The van der Waals surface area contributed by atoms with Crippen LogP contribution in [0.2, 0.25) is 0 Å². The smallest absolute Gasteiger partial charge is 0.0922 e. The van der Waals surface area contributed by atoms with Crippen molar-refractivity contribution in [3.63, 3.8) is 0 Å². The fourth-order valence-electron chi connectivity index (χ4n) is 1.22. The van der Waals surface area contributed by atoms with Crippen molar-refractivity contribution in [2.24, 2.45) is 4.99 Å². The Morgan fingerprint density at radius 1 is 1.36 bits per heavy atom. The fourth-order valence-corrected chi connectivity index (χ4v) is 1.22. The van der Waals surface area contributed by atoms with Crippen molar-refractivity contribution in [1.82, 2.24) is 0 Å². The average molecular weight is 191 g/mol. The molecule has 0 aliphatic heterocycles. The molecule has 0 aliphatic rings. The van der Waals surface area contributed by atoms with Crippen molar-refractivity contribution in [2.75, 3.05) is 7.11 Å². The maximum absolute atomic E-state index is 5.26. The molecule has 0 spiro atoms. The minimum atomic E-state index is 0.139. The van der Waals surface area contributed by atoms with Crippen LogP contribution in [-0.4, -0.2) is 19.4 Å². The van der Waals surface area contributed by atoms with Gasteiger partial charge in [0.15, 0.2) is 0 Å². The molecular weight excluding hydrogens is 174 g/mol. The van der Waals surface area contributed by atoms with E-state index < -0.39 is 0 Å². The van der Waals surface area contributed by atoms with Crippen molar-refractivity contribution in [1.29, 1.82) is 0 Å². The number of rotatable bonds is 5. The molecule has 76 valence electrons. The third kappa shape index (κ3) is 3.71. The molecule has 0 aromatic heterocycles. The second-order valence-electron chi connectivity index (χ2n) is 3.18. The van der Waals surface area contributed by atoms with Gasteiger partial charge in [-0.25, -0.2) is 0 Å². The van der Waals surface area contributed by atoms with Crippen molar-refractivity contribution in [3.8, 4) is 0 Å². The molecule has 0 heterocycles. The van der Waals surface area contributed by atoms with Gasteiger partial charge >= 0.3 is 0 Å². The molecule has 0 saturated heterocycles. The SMILES string of the molecule is CCCC(C=Nc1ccccc1)OC. The van der Waals surface area contributed by atoms with Crippen LogP contribution in [0.5, 0.6) is 0 Å². The standard InChI is InChI=1S/C12H17NO/c1-3-7-12(14-2)10-13-11-8-5-4-6-9-11/h4-6,8-10,12H,3,7H2,1-2H3. The topological polar surface area (TPSA) is 21.6 Å². The van der Waals surface area contributed by atoms with Crippen molar-refractivity contribution in [3.05, 3.63) is 30.3 Å². The number of hydrogen-bond acceptors (Lipinski definition) is 2. The van der Waals surface area contributed by atoms with E-state index in [0.717, 1.165) is 18.5 Å². The highest BCUT2D eigenvalue weighted by Gasteiger charge is 2.00. The molecule has 0 saturated carbocycles. The summed E-state index contributed by atoms with van der Waals surface area (Å²) >= 11 is 0.